The summed E-state index contributed by atoms with van der Waals surface area (Å²) in [5, 5.41) is 0. The quantitative estimate of drug-likeness (QED) is 0.785. The van der Waals surface area contributed by atoms with Gasteiger partial charge in [-0.25, -0.2) is 4.98 Å². The molecule has 2 aromatic rings. The highest BCUT2D eigenvalue weighted by atomic mass is 79.9. The fourth-order valence-electron chi connectivity index (χ4n) is 3.63. The van der Waals surface area contributed by atoms with E-state index in [1.54, 1.807) is 0 Å². The maximum Gasteiger partial charge on any atom is 0.237 e. The van der Waals surface area contributed by atoms with Crippen LogP contribution in [0.2, 0.25) is 0 Å². The summed E-state index contributed by atoms with van der Waals surface area (Å²) in [5.41, 5.74) is 2.99. The van der Waals surface area contributed by atoms with Crippen LogP contribution in [0, 0.1) is 12.8 Å². The Morgan fingerprint density at radius 2 is 2.24 bits per heavy atom. The molecule has 1 atom stereocenters. The minimum atomic E-state index is 0.169. The van der Waals surface area contributed by atoms with Crippen molar-refractivity contribution in [3.05, 3.63) is 39.7 Å². The summed E-state index contributed by atoms with van der Waals surface area (Å²) in [4.78, 5) is 21.3. The molecule has 1 aromatic heterocycles. The summed E-state index contributed by atoms with van der Waals surface area (Å²) in [5.74, 6) is 2.32. The van der Waals surface area contributed by atoms with Crippen molar-refractivity contribution in [1.29, 1.82) is 0 Å². The summed E-state index contributed by atoms with van der Waals surface area (Å²) in [7, 11) is 0. The molecule has 0 bridgehead atoms. The number of oxazole rings is 1. The van der Waals surface area contributed by atoms with Crippen molar-refractivity contribution in [3.63, 3.8) is 0 Å². The van der Waals surface area contributed by atoms with Crippen LogP contribution in [0.1, 0.15) is 30.4 Å². The Labute approximate surface area is 156 Å². The van der Waals surface area contributed by atoms with Gasteiger partial charge < -0.3 is 9.32 Å². The van der Waals surface area contributed by atoms with E-state index in [4.69, 9.17) is 4.42 Å². The molecule has 1 fully saturated rings. The number of halogens is 1. The van der Waals surface area contributed by atoms with Crippen LogP contribution >= 0.6 is 15.9 Å². The molecule has 0 N–H and O–H groups in total. The van der Waals surface area contributed by atoms with Gasteiger partial charge in [0, 0.05) is 16.6 Å². The summed E-state index contributed by atoms with van der Waals surface area (Å²) >= 11 is 3.55. The first-order valence-corrected chi connectivity index (χ1v) is 9.54. The zero-order valence-electron chi connectivity index (χ0n) is 14.6. The minimum Gasteiger partial charge on any atom is -0.439 e. The SMILES string of the molecule is Cc1c(Br)cccc1-c1nc2c(o1)CN(C(=O)CN1CCC(C)C1)C2. The maximum absolute atomic E-state index is 12.5. The fourth-order valence-corrected chi connectivity index (χ4v) is 4.00. The molecule has 5 nitrogen and oxygen atoms in total. The van der Waals surface area contributed by atoms with Crippen molar-refractivity contribution < 1.29 is 9.21 Å². The zero-order valence-corrected chi connectivity index (χ0v) is 16.2. The highest BCUT2D eigenvalue weighted by Gasteiger charge is 2.31. The number of hydrogen-bond acceptors (Lipinski definition) is 4. The largest absolute Gasteiger partial charge is 0.439 e. The Kier molecular flexibility index (Phi) is 4.41. The van der Waals surface area contributed by atoms with Crippen LogP contribution in [0.15, 0.2) is 27.1 Å². The van der Waals surface area contributed by atoms with Gasteiger partial charge in [-0.2, -0.15) is 0 Å². The van der Waals surface area contributed by atoms with Gasteiger partial charge in [-0.1, -0.05) is 28.9 Å². The second kappa shape index (κ2) is 6.57. The summed E-state index contributed by atoms with van der Waals surface area (Å²) < 4.78 is 7.02. The molecule has 132 valence electrons. The Balaban J connectivity index is 1.45. The lowest BCUT2D eigenvalue weighted by molar-refractivity contribution is -0.133. The third-order valence-electron chi connectivity index (χ3n) is 5.17. The molecule has 6 heteroatoms. The molecular weight excluding hydrogens is 382 g/mol. The number of hydrogen-bond donors (Lipinski definition) is 0. The van der Waals surface area contributed by atoms with Crippen LogP contribution in [-0.4, -0.2) is 40.3 Å². The summed E-state index contributed by atoms with van der Waals surface area (Å²) in [6.07, 6.45) is 1.19. The van der Waals surface area contributed by atoms with Crippen LogP contribution in [0.5, 0.6) is 0 Å². The van der Waals surface area contributed by atoms with Gasteiger partial charge in [-0.15, -0.1) is 0 Å². The van der Waals surface area contributed by atoms with E-state index in [0.29, 0.717) is 31.4 Å². The van der Waals surface area contributed by atoms with Gasteiger partial charge in [0.1, 0.15) is 11.5 Å². The maximum atomic E-state index is 12.5. The van der Waals surface area contributed by atoms with Gasteiger partial charge >= 0.3 is 0 Å². The van der Waals surface area contributed by atoms with E-state index in [9.17, 15) is 4.79 Å². The first-order valence-electron chi connectivity index (χ1n) is 8.75. The van der Waals surface area contributed by atoms with Crippen molar-refractivity contribution in [1.82, 2.24) is 14.8 Å². The van der Waals surface area contributed by atoms with E-state index in [1.807, 2.05) is 30.0 Å². The van der Waals surface area contributed by atoms with Crippen molar-refractivity contribution in [2.75, 3.05) is 19.6 Å². The van der Waals surface area contributed by atoms with Crippen molar-refractivity contribution in [3.8, 4) is 11.5 Å². The molecule has 0 radical (unpaired) electrons. The number of amides is 1. The van der Waals surface area contributed by atoms with E-state index in [1.165, 1.54) is 6.42 Å². The Morgan fingerprint density at radius 1 is 1.40 bits per heavy atom. The second-order valence-electron chi connectivity index (χ2n) is 7.18. The molecule has 3 heterocycles. The monoisotopic (exact) mass is 403 g/mol. The third-order valence-corrected chi connectivity index (χ3v) is 6.03. The molecule has 1 amide bonds. The third kappa shape index (κ3) is 3.25. The number of fused-ring (bicyclic) bond motifs is 1. The van der Waals surface area contributed by atoms with Crippen LogP contribution < -0.4 is 0 Å². The van der Waals surface area contributed by atoms with Crippen LogP contribution in [0.3, 0.4) is 0 Å². The average Bonchev–Trinajstić information content (AvgIpc) is 3.24. The van der Waals surface area contributed by atoms with Gasteiger partial charge in [0.05, 0.1) is 19.6 Å². The first-order chi connectivity index (χ1) is 12.0. The number of rotatable bonds is 3. The van der Waals surface area contributed by atoms with Crippen LogP contribution in [0.25, 0.3) is 11.5 Å². The predicted molar refractivity (Wildman–Crippen MR) is 98.9 cm³/mol. The molecule has 0 aliphatic carbocycles. The molecule has 0 saturated carbocycles. The summed E-state index contributed by atoms with van der Waals surface area (Å²) in [6.45, 7) is 7.91. The summed E-state index contributed by atoms with van der Waals surface area (Å²) in [6, 6.07) is 6.00. The Hall–Kier alpha value is -1.66. The molecule has 2 aliphatic heterocycles. The van der Waals surface area contributed by atoms with E-state index >= 15 is 0 Å². The number of likely N-dealkylation sites (tertiary alicyclic amines) is 1. The van der Waals surface area contributed by atoms with Gasteiger partial charge in [-0.05, 0) is 43.5 Å². The average molecular weight is 404 g/mol. The van der Waals surface area contributed by atoms with Crippen molar-refractivity contribution in [2.24, 2.45) is 5.92 Å². The molecule has 2 aliphatic rings. The number of carbonyl (C=O) groups excluding carboxylic acids is 1. The second-order valence-corrected chi connectivity index (χ2v) is 8.03. The highest BCUT2D eigenvalue weighted by Crippen LogP contribution is 2.32. The normalized spacial score (nSPS) is 20.3. The van der Waals surface area contributed by atoms with Gasteiger partial charge in [-0.3, -0.25) is 9.69 Å². The first kappa shape index (κ1) is 16.8. The van der Waals surface area contributed by atoms with E-state index in [2.05, 4.69) is 32.7 Å². The minimum absolute atomic E-state index is 0.169. The molecular formula is C19H22BrN3O2. The number of aromatic nitrogens is 1. The number of benzene rings is 1. The van der Waals surface area contributed by atoms with Gasteiger partial charge in [0.2, 0.25) is 11.8 Å². The zero-order chi connectivity index (χ0) is 17.6. The van der Waals surface area contributed by atoms with E-state index in [0.717, 1.165) is 40.1 Å². The smallest absolute Gasteiger partial charge is 0.237 e. The molecule has 4 rings (SSSR count). The van der Waals surface area contributed by atoms with Crippen molar-refractivity contribution in [2.45, 2.75) is 33.4 Å². The van der Waals surface area contributed by atoms with Crippen LogP contribution in [-0.2, 0) is 17.9 Å². The predicted octanol–water partition coefficient (Wildman–Crippen LogP) is 3.60. The number of nitrogens with zero attached hydrogens (tertiary/aromatic N) is 3. The molecule has 0 spiro atoms. The Bertz CT molecular complexity index is 793. The topological polar surface area (TPSA) is 49.6 Å². The molecule has 1 saturated heterocycles. The highest BCUT2D eigenvalue weighted by molar-refractivity contribution is 9.10. The lowest BCUT2D eigenvalue weighted by atomic mass is 10.1. The lowest BCUT2D eigenvalue weighted by Gasteiger charge is -2.20. The standard InChI is InChI=1S/C19H22BrN3O2/c1-12-6-7-22(8-12)11-18(24)23-9-16-17(10-23)25-19(21-16)14-4-3-5-15(20)13(14)2/h3-5,12H,6-11H2,1-2H3. The van der Waals surface area contributed by atoms with Crippen molar-refractivity contribution >= 4 is 21.8 Å². The fraction of sp³-hybridized carbons (Fsp3) is 0.474. The van der Waals surface area contributed by atoms with Crippen LogP contribution in [0.4, 0.5) is 0 Å². The lowest BCUT2D eigenvalue weighted by Crippen LogP contribution is -2.36. The number of carbonyl (C=O) groups is 1. The molecule has 25 heavy (non-hydrogen) atoms. The Morgan fingerprint density at radius 3 is 2.96 bits per heavy atom. The van der Waals surface area contributed by atoms with Gasteiger partial charge in [0.15, 0.2) is 0 Å². The van der Waals surface area contributed by atoms with Gasteiger partial charge in [0.25, 0.3) is 0 Å². The van der Waals surface area contributed by atoms with E-state index in [-0.39, 0.29) is 5.91 Å². The van der Waals surface area contributed by atoms with E-state index < -0.39 is 0 Å². The molecule has 1 unspecified atom stereocenters. The molecule has 1 aromatic carbocycles.